The maximum Gasteiger partial charge on any atom is 0.276 e. The van der Waals surface area contributed by atoms with Crippen LogP contribution in [-0.4, -0.2) is 38.6 Å². The highest BCUT2D eigenvalue weighted by Gasteiger charge is 2.13. The van der Waals surface area contributed by atoms with Gasteiger partial charge in [-0.1, -0.05) is 28.8 Å². The van der Waals surface area contributed by atoms with Crippen LogP contribution in [0.4, 0.5) is 5.95 Å². The van der Waals surface area contributed by atoms with Crippen molar-refractivity contribution in [2.24, 2.45) is 0 Å². The minimum absolute atomic E-state index is 0.0553. The van der Waals surface area contributed by atoms with Gasteiger partial charge in [-0.2, -0.15) is 5.21 Å². The Labute approximate surface area is 135 Å². The van der Waals surface area contributed by atoms with E-state index < -0.39 is 5.91 Å². The number of pyridine rings is 1. The molecule has 23 heavy (non-hydrogen) atoms. The average molecular weight is 331 g/mol. The highest BCUT2D eigenvalue weighted by molar-refractivity contribution is 6.31. The highest BCUT2D eigenvalue weighted by Crippen LogP contribution is 2.25. The first-order chi connectivity index (χ1) is 11.2. The van der Waals surface area contributed by atoms with Crippen LogP contribution in [0.5, 0.6) is 5.75 Å². The van der Waals surface area contributed by atoms with Gasteiger partial charge in [-0.05, 0) is 29.5 Å². The number of aromatic nitrogens is 5. The molecule has 0 atom stereocenters. The third kappa shape index (κ3) is 3.43. The number of nitrogens with zero attached hydrogens (tertiary/aromatic N) is 4. The lowest BCUT2D eigenvalue weighted by atomic mass is 10.1. The zero-order valence-electron chi connectivity index (χ0n) is 11.9. The number of rotatable bonds is 4. The lowest BCUT2D eigenvalue weighted by molar-refractivity contribution is 0.102. The number of aromatic amines is 1. The van der Waals surface area contributed by atoms with Crippen molar-refractivity contribution in [3.8, 4) is 17.0 Å². The van der Waals surface area contributed by atoms with Gasteiger partial charge in [0.1, 0.15) is 11.4 Å². The summed E-state index contributed by atoms with van der Waals surface area (Å²) in [5.74, 6) is 0.250. The number of hydrogen-bond acceptors (Lipinski definition) is 6. The molecule has 0 saturated carbocycles. The lowest BCUT2D eigenvalue weighted by Crippen LogP contribution is -2.15. The van der Waals surface area contributed by atoms with Gasteiger partial charge in [0.2, 0.25) is 0 Å². The second kappa shape index (κ2) is 6.41. The van der Waals surface area contributed by atoms with E-state index in [-0.39, 0.29) is 11.6 Å². The molecule has 0 saturated heterocycles. The highest BCUT2D eigenvalue weighted by atomic mass is 35.5. The molecule has 0 unspecified atom stereocenters. The van der Waals surface area contributed by atoms with Crippen LogP contribution in [0.25, 0.3) is 11.3 Å². The predicted octanol–water partition coefficient (Wildman–Crippen LogP) is 2.18. The zero-order chi connectivity index (χ0) is 16.2. The van der Waals surface area contributed by atoms with Gasteiger partial charge in [-0.3, -0.25) is 10.1 Å². The first-order valence-electron chi connectivity index (χ1n) is 6.52. The Bertz CT molecular complexity index is 837. The molecule has 0 fully saturated rings. The Balaban J connectivity index is 1.93. The van der Waals surface area contributed by atoms with Crippen LogP contribution >= 0.6 is 11.6 Å². The molecule has 3 aromatic rings. The zero-order valence-corrected chi connectivity index (χ0v) is 12.7. The summed E-state index contributed by atoms with van der Waals surface area (Å²) in [6.07, 6.45) is 0. The van der Waals surface area contributed by atoms with Crippen molar-refractivity contribution in [1.29, 1.82) is 0 Å². The second-order valence-corrected chi connectivity index (χ2v) is 4.91. The van der Waals surface area contributed by atoms with Crippen molar-refractivity contribution < 1.29 is 9.53 Å². The first kappa shape index (κ1) is 14.9. The number of benzene rings is 1. The van der Waals surface area contributed by atoms with E-state index in [1.807, 2.05) is 18.2 Å². The largest absolute Gasteiger partial charge is 0.497 e. The SMILES string of the molecule is COc1cccc(-c2cc(Cl)cc(C(=O)Nc3nn[nH]n3)n2)c1. The molecular weight excluding hydrogens is 320 g/mol. The van der Waals surface area contributed by atoms with Gasteiger partial charge in [0.25, 0.3) is 11.9 Å². The number of amides is 1. The van der Waals surface area contributed by atoms with Gasteiger partial charge in [-0.25, -0.2) is 4.98 Å². The van der Waals surface area contributed by atoms with Crippen molar-refractivity contribution in [3.63, 3.8) is 0 Å². The minimum atomic E-state index is -0.488. The summed E-state index contributed by atoms with van der Waals surface area (Å²) in [4.78, 5) is 16.5. The fourth-order valence-electron chi connectivity index (χ4n) is 1.92. The third-order valence-corrected chi connectivity index (χ3v) is 3.18. The van der Waals surface area contributed by atoms with E-state index in [0.29, 0.717) is 16.5 Å². The molecule has 0 radical (unpaired) electrons. The van der Waals surface area contributed by atoms with E-state index >= 15 is 0 Å². The van der Waals surface area contributed by atoms with Gasteiger partial charge < -0.3 is 4.74 Å². The van der Waals surface area contributed by atoms with Crippen LogP contribution in [-0.2, 0) is 0 Å². The van der Waals surface area contributed by atoms with Crippen LogP contribution in [0.3, 0.4) is 0 Å². The van der Waals surface area contributed by atoms with Crippen molar-refractivity contribution in [3.05, 3.63) is 47.1 Å². The molecule has 2 N–H and O–H groups in total. The summed E-state index contributed by atoms with van der Waals surface area (Å²) in [7, 11) is 1.58. The number of carbonyl (C=O) groups excluding carboxylic acids is 1. The summed E-state index contributed by atoms with van der Waals surface area (Å²) in [6.45, 7) is 0. The van der Waals surface area contributed by atoms with E-state index in [1.54, 1.807) is 19.2 Å². The number of H-pyrrole nitrogens is 1. The molecule has 0 aliphatic carbocycles. The number of methoxy groups -OCH3 is 1. The Kier molecular flexibility index (Phi) is 4.15. The van der Waals surface area contributed by atoms with Crippen LogP contribution < -0.4 is 10.1 Å². The number of nitrogens with one attached hydrogen (secondary N) is 2. The van der Waals surface area contributed by atoms with E-state index in [9.17, 15) is 4.79 Å². The quantitative estimate of drug-likeness (QED) is 0.759. The van der Waals surface area contributed by atoms with Gasteiger partial charge in [0.05, 0.1) is 12.8 Å². The monoisotopic (exact) mass is 330 g/mol. The molecule has 1 aromatic carbocycles. The van der Waals surface area contributed by atoms with Crippen molar-refractivity contribution in [1.82, 2.24) is 25.6 Å². The number of anilines is 1. The maximum atomic E-state index is 12.2. The minimum Gasteiger partial charge on any atom is -0.497 e. The summed E-state index contributed by atoms with van der Waals surface area (Å²) >= 11 is 6.10. The van der Waals surface area contributed by atoms with Crippen molar-refractivity contribution in [2.75, 3.05) is 12.4 Å². The van der Waals surface area contributed by atoms with Crippen molar-refractivity contribution >= 4 is 23.5 Å². The van der Waals surface area contributed by atoms with E-state index in [2.05, 4.69) is 30.9 Å². The van der Waals surface area contributed by atoms with Crippen LogP contribution in [0.1, 0.15) is 10.5 Å². The Morgan fingerprint density at radius 3 is 2.91 bits per heavy atom. The van der Waals surface area contributed by atoms with Crippen LogP contribution in [0.15, 0.2) is 36.4 Å². The molecule has 0 bridgehead atoms. The molecule has 0 aliphatic heterocycles. The molecule has 1 amide bonds. The molecule has 116 valence electrons. The molecule has 3 rings (SSSR count). The van der Waals surface area contributed by atoms with Crippen LogP contribution in [0, 0.1) is 0 Å². The standard InChI is InChI=1S/C14H11ClN6O2/c1-23-10-4-2-3-8(5-10)11-6-9(15)7-12(16-11)13(22)17-14-18-20-21-19-14/h2-7H,1H3,(H2,17,18,19,20,21,22). The van der Waals surface area contributed by atoms with Gasteiger partial charge in [0, 0.05) is 10.6 Å². The smallest absolute Gasteiger partial charge is 0.276 e. The summed E-state index contributed by atoms with van der Waals surface area (Å²) in [6, 6.07) is 10.4. The first-order valence-corrected chi connectivity index (χ1v) is 6.90. The van der Waals surface area contributed by atoms with Crippen molar-refractivity contribution in [2.45, 2.75) is 0 Å². The summed E-state index contributed by atoms with van der Waals surface area (Å²) in [5.41, 5.74) is 1.47. The fraction of sp³-hybridized carbons (Fsp3) is 0.0714. The normalized spacial score (nSPS) is 10.3. The fourth-order valence-corrected chi connectivity index (χ4v) is 2.13. The van der Waals surface area contributed by atoms with Gasteiger partial charge in [-0.15, -0.1) is 5.10 Å². The molecule has 0 spiro atoms. The second-order valence-electron chi connectivity index (χ2n) is 4.48. The molecule has 2 heterocycles. The maximum absolute atomic E-state index is 12.2. The lowest BCUT2D eigenvalue weighted by Gasteiger charge is -2.07. The van der Waals surface area contributed by atoms with Gasteiger partial charge in [0.15, 0.2) is 0 Å². The summed E-state index contributed by atoms with van der Waals surface area (Å²) in [5, 5.41) is 15.8. The van der Waals surface area contributed by atoms with E-state index in [4.69, 9.17) is 16.3 Å². The van der Waals surface area contributed by atoms with Crippen LogP contribution in [0.2, 0.25) is 5.02 Å². The number of halogens is 1. The topological polar surface area (TPSA) is 106 Å². The molecule has 2 aromatic heterocycles. The van der Waals surface area contributed by atoms with E-state index in [1.165, 1.54) is 6.07 Å². The number of carbonyl (C=O) groups is 1. The third-order valence-electron chi connectivity index (χ3n) is 2.96. The molecule has 0 aliphatic rings. The van der Waals surface area contributed by atoms with E-state index in [0.717, 1.165) is 5.56 Å². The average Bonchev–Trinajstić information content (AvgIpc) is 3.07. The Hall–Kier alpha value is -3.00. The summed E-state index contributed by atoms with van der Waals surface area (Å²) < 4.78 is 5.19. The predicted molar refractivity (Wildman–Crippen MR) is 83.4 cm³/mol. The molecular formula is C14H11ClN6O2. The van der Waals surface area contributed by atoms with Gasteiger partial charge >= 0.3 is 0 Å². The Morgan fingerprint density at radius 2 is 2.17 bits per heavy atom. The Morgan fingerprint density at radius 1 is 1.30 bits per heavy atom. The number of ether oxygens (including phenoxy) is 1. The number of hydrogen-bond donors (Lipinski definition) is 2. The molecule has 9 heteroatoms. The molecule has 8 nitrogen and oxygen atoms in total. The number of tetrazole rings is 1.